The number of carbonyl (C=O) groups is 1. The number of hydrogen-bond donors (Lipinski definition) is 0. The molecule has 5 rings (SSSR count). The monoisotopic (exact) mass is 379 g/mol. The van der Waals surface area contributed by atoms with E-state index in [1.807, 2.05) is 58.0 Å². The molecule has 0 aliphatic carbocycles. The Labute approximate surface area is 162 Å². The van der Waals surface area contributed by atoms with E-state index in [1.54, 1.807) is 11.3 Å². The highest BCUT2D eigenvalue weighted by molar-refractivity contribution is 7.08. The van der Waals surface area contributed by atoms with Gasteiger partial charge in [-0.05, 0) is 36.5 Å². The first-order chi connectivity index (χ1) is 13.1. The van der Waals surface area contributed by atoms with Crippen molar-refractivity contribution in [1.29, 1.82) is 0 Å². The van der Waals surface area contributed by atoms with E-state index in [4.69, 9.17) is 4.98 Å². The molecule has 0 aromatic carbocycles. The molecular weight excluding hydrogens is 358 g/mol. The molecule has 3 aromatic heterocycles. The van der Waals surface area contributed by atoms with Gasteiger partial charge < -0.3 is 4.90 Å². The lowest BCUT2D eigenvalue weighted by molar-refractivity contribution is 0.0985. The van der Waals surface area contributed by atoms with Gasteiger partial charge in [0.05, 0.1) is 23.1 Å². The van der Waals surface area contributed by atoms with E-state index in [2.05, 4.69) is 16.2 Å². The van der Waals surface area contributed by atoms with Crippen molar-refractivity contribution in [2.24, 2.45) is 7.05 Å². The second-order valence-corrected chi connectivity index (χ2v) is 8.32. The predicted octanol–water partition coefficient (Wildman–Crippen LogP) is 2.68. The summed E-state index contributed by atoms with van der Waals surface area (Å²) in [7, 11) is 1.94. The number of anilines is 1. The van der Waals surface area contributed by atoms with Crippen LogP contribution in [0, 0.1) is 0 Å². The molecule has 0 radical (unpaired) electrons. The number of nitrogens with zero attached hydrogens (tertiary/aromatic N) is 5. The molecule has 6 nitrogen and oxygen atoms in total. The number of aryl methyl sites for hydroxylation is 1. The number of fused-ring (bicyclic) bond motifs is 2. The molecule has 2 aliphatic heterocycles. The molecule has 0 bridgehead atoms. The summed E-state index contributed by atoms with van der Waals surface area (Å²) in [6, 6.07) is 5.86. The number of pyridine rings is 1. The van der Waals surface area contributed by atoms with Gasteiger partial charge >= 0.3 is 0 Å². The number of rotatable bonds is 3. The molecule has 0 N–H and O–H groups in total. The number of likely N-dealkylation sites (tertiary alicyclic amines) is 1. The van der Waals surface area contributed by atoms with Crippen LogP contribution in [0.25, 0.3) is 0 Å². The predicted molar refractivity (Wildman–Crippen MR) is 105 cm³/mol. The van der Waals surface area contributed by atoms with Crippen LogP contribution >= 0.6 is 11.3 Å². The Hall–Kier alpha value is -2.51. The van der Waals surface area contributed by atoms with Gasteiger partial charge in [0.15, 0.2) is 0 Å². The third-order valence-corrected chi connectivity index (χ3v) is 6.33. The van der Waals surface area contributed by atoms with Gasteiger partial charge in [-0.15, -0.1) is 0 Å². The van der Waals surface area contributed by atoms with E-state index >= 15 is 0 Å². The molecule has 1 amide bonds. The Morgan fingerprint density at radius 1 is 1.33 bits per heavy atom. The molecule has 1 fully saturated rings. The second-order valence-electron chi connectivity index (χ2n) is 7.54. The summed E-state index contributed by atoms with van der Waals surface area (Å²) in [5, 5.41) is 8.15. The molecule has 1 atom stereocenters. The van der Waals surface area contributed by atoms with Crippen LogP contribution < -0.4 is 4.90 Å². The van der Waals surface area contributed by atoms with Crippen molar-refractivity contribution in [2.45, 2.75) is 18.4 Å². The van der Waals surface area contributed by atoms with Crippen LogP contribution in [0.2, 0.25) is 0 Å². The van der Waals surface area contributed by atoms with Gasteiger partial charge in [0.2, 0.25) is 0 Å². The minimum Gasteiger partial charge on any atom is -0.305 e. The van der Waals surface area contributed by atoms with Crippen LogP contribution in [0.3, 0.4) is 0 Å². The molecule has 27 heavy (non-hydrogen) atoms. The minimum absolute atomic E-state index is 0.0769. The topological polar surface area (TPSA) is 54.3 Å². The van der Waals surface area contributed by atoms with Crippen molar-refractivity contribution < 1.29 is 4.79 Å². The van der Waals surface area contributed by atoms with Crippen molar-refractivity contribution in [3.05, 3.63) is 64.4 Å². The van der Waals surface area contributed by atoms with Crippen molar-refractivity contribution in [1.82, 2.24) is 19.7 Å². The van der Waals surface area contributed by atoms with Crippen LogP contribution in [0.1, 0.15) is 28.0 Å². The number of carbonyl (C=O) groups excluding carboxylic acids is 1. The van der Waals surface area contributed by atoms with Crippen LogP contribution in [-0.4, -0.2) is 45.2 Å². The Morgan fingerprint density at radius 2 is 2.26 bits per heavy atom. The SMILES string of the molecule is Cn1cc(CN2CC[C@@]3(C2)CN(C(=O)c2ccsc2)c2cccnc23)cn1. The van der Waals surface area contributed by atoms with Gasteiger partial charge in [-0.1, -0.05) is 0 Å². The molecule has 1 saturated heterocycles. The van der Waals surface area contributed by atoms with Gasteiger partial charge in [-0.3, -0.25) is 19.4 Å². The van der Waals surface area contributed by atoms with Crippen molar-refractivity contribution in [3.8, 4) is 0 Å². The number of aromatic nitrogens is 3. The van der Waals surface area contributed by atoms with Crippen LogP contribution in [0.4, 0.5) is 5.69 Å². The average molecular weight is 379 g/mol. The summed E-state index contributed by atoms with van der Waals surface area (Å²) < 4.78 is 1.84. The lowest BCUT2D eigenvalue weighted by Gasteiger charge is -2.25. The molecule has 2 aliphatic rings. The van der Waals surface area contributed by atoms with Crippen molar-refractivity contribution >= 4 is 22.9 Å². The first-order valence-corrected chi connectivity index (χ1v) is 10.1. The third kappa shape index (κ3) is 2.78. The van der Waals surface area contributed by atoms with Crippen LogP contribution in [-0.2, 0) is 19.0 Å². The molecular formula is C20H21N5OS. The largest absolute Gasteiger partial charge is 0.305 e. The fourth-order valence-corrected chi connectivity index (χ4v) is 5.07. The Bertz CT molecular complexity index is 982. The summed E-state index contributed by atoms with van der Waals surface area (Å²) in [5.74, 6) is 0.0769. The fraction of sp³-hybridized carbons (Fsp3) is 0.350. The zero-order valence-corrected chi connectivity index (χ0v) is 16.0. The Morgan fingerprint density at radius 3 is 3.04 bits per heavy atom. The molecule has 138 valence electrons. The van der Waals surface area contributed by atoms with Gasteiger partial charge in [0, 0.05) is 55.4 Å². The summed E-state index contributed by atoms with van der Waals surface area (Å²) in [6.45, 7) is 3.51. The molecule has 5 heterocycles. The van der Waals surface area contributed by atoms with E-state index < -0.39 is 0 Å². The Kier molecular flexibility index (Phi) is 3.87. The molecule has 1 spiro atoms. The smallest absolute Gasteiger partial charge is 0.259 e. The van der Waals surface area contributed by atoms with E-state index in [-0.39, 0.29) is 11.3 Å². The van der Waals surface area contributed by atoms with Gasteiger partial charge in [0.25, 0.3) is 5.91 Å². The van der Waals surface area contributed by atoms with E-state index in [0.717, 1.165) is 43.0 Å². The Balaban J connectivity index is 1.43. The normalized spacial score (nSPS) is 21.9. The maximum Gasteiger partial charge on any atom is 0.259 e. The number of thiophene rings is 1. The maximum atomic E-state index is 13.1. The molecule has 0 saturated carbocycles. The quantitative estimate of drug-likeness (QED) is 0.702. The molecule has 0 unspecified atom stereocenters. The third-order valence-electron chi connectivity index (χ3n) is 5.65. The first-order valence-electron chi connectivity index (χ1n) is 9.14. The lowest BCUT2D eigenvalue weighted by Crippen LogP contribution is -2.39. The van der Waals surface area contributed by atoms with E-state index in [0.29, 0.717) is 6.54 Å². The first kappa shape index (κ1) is 16.6. The fourth-order valence-electron chi connectivity index (χ4n) is 4.44. The van der Waals surface area contributed by atoms with Crippen LogP contribution in [0.5, 0.6) is 0 Å². The van der Waals surface area contributed by atoms with Gasteiger partial charge in [-0.25, -0.2) is 0 Å². The molecule has 7 heteroatoms. The van der Waals surface area contributed by atoms with Crippen LogP contribution in [0.15, 0.2) is 47.5 Å². The van der Waals surface area contributed by atoms with E-state index in [9.17, 15) is 4.79 Å². The van der Waals surface area contributed by atoms with Crippen molar-refractivity contribution in [3.63, 3.8) is 0 Å². The summed E-state index contributed by atoms with van der Waals surface area (Å²) >= 11 is 1.56. The maximum absolute atomic E-state index is 13.1. The summed E-state index contributed by atoms with van der Waals surface area (Å²) in [6.07, 6.45) is 6.87. The highest BCUT2D eigenvalue weighted by atomic mass is 32.1. The highest BCUT2D eigenvalue weighted by Gasteiger charge is 2.49. The van der Waals surface area contributed by atoms with Crippen molar-refractivity contribution in [2.75, 3.05) is 24.5 Å². The zero-order chi connectivity index (χ0) is 18.4. The highest BCUT2D eigenvalue weighted by Crippen LogP contribution is 2.45. The number of amides is 1. The van der Waals surface area contributed by atoms with Gasteiger partial charge in [0.1, 0.15) is 0 Å². The van der Waals surface area contributed by atoms with Gasteiger partial charge in [-0.2, -0.15) is 16.4 Å². The zero-order valence-electron chi connectivity index (χ0n) is 15.2. The lowest BCUT2D eigenvalue weighted by atomic mass is 9.85. The average Bonchev–Trinajstić information content (AvgIpc) is 3.45. The standard InChI is InChI=1S/C20H21N5OS/c1-23-10-15(9-22-23)11-24-7-5-20(13-24)14-25(17-3-2-6-21-18(17)20)19(26)16-4-8-27-12-16/h2-4,6,8-10,12H,5,7,11,13-14H2,1H3/t20-/m1/s1. The minimum atomic E-state index is -0.0789. The molecule has 3 aromatic rings. The van der Waals surface area contributed by atoms with E-state index in [1.165, 1.54) is 5.56 Å². The second kappa shape index (κ2) is 6.28. The summed E-state index contributed by atoms with van der Waals surface area (Å²) in [4.78, 5) is 22.2. The summed E-state index contributed by atoms with van der Waals surface area (Å²) in [5.41, 5.74) is 3.95. The number of hydrogen-bond acceptors (Lipinski definition) is 5.